The summed E-state index contributed by atoms with van der Waals surface area (Å²) < 4.78 is 5.69. The Bertz CT molecular complexity index is 555. The van der Waals surface area contributed by atoms with Gasteiger partial charge < -0.3 is 10.1 Å². The van der Waals surface area contributed by atoms with Crippen LogP contribution in [-0.4, -0.2) is 6.54 Å². The highest BCUT2D eigenvalue weighted by Crippen LogP contribution is 2.28. The van der Waals surface area contributed by atoms with Gasteiger partial charge in [-0.3, -0.25) is 0 Å². The van der Waals surface area contributed by atoms with E-state index in [9.17, 15) is 0 Å². The topological polar surface area (TPSA) is 21.3 Å². The zero-order valence-corrected chi connectivity index (χ0v) is 12.8. The van der Waals surface area contributed by atoms with E-state index in [4.69, 9.17) is 27.9 Å². The van der Waals surface area contributed by atoms with Crippen molar-refractivity contribution in [2.75, 3.05) is 6.54 Å². The molecular formula is C16H17Cl2NO. The van der Waals surface area contributed by atoms with Gasteiger partial charge in [0, 0.05) is 17.6 Å². The van der Waals surface area contributed by atoms with Crippen LogP contribution in [0.1, 0.15) is 18.1 Å². The van der Waals surface area contributed by atoms with Crippen molar-refractivity contribution >= 4 is 23.2 Å². The maximum atomic E-state index is 6.05. The molecule has 0 aliphatic carbocycles. The van der Waals surface area contributed by atoms with Gasteiger partial charge in [-0.25, -0.2) is 0 Å². The van der Waals surface area contributed by atoms with E-state index in [1.165, 1.54) is 5.56 Å². The molecule has 0 fully saturated rings. The van der Waals surface area contributed by atoms with Crippen LogP contribution in [0.25, 0.3) is 0 Å². The van der Waals surface area contributed by atoms with Crippen LogP contribution in [0.4, 0.5) is 0 Å². The molecule has 20 heavy (non-hydrogen) atoms. The predicted octanol–water partition coefficient (Wildman–Crippen LogP) is 4.68. The van der Waals surface area contributed by atoms with Crippen molar-refractivity contribution < 1.29 is 4.74 Å². The minimum Gasteiger partial charge on any atom is -0.487 e. The maximum absolute atomic E-state index is 6.05. The van der Waals surface area contributed by atoms with E-state index in [1.807, 2.05) is 0 Å². The summed E-state index contributed by atoms with van der Waals surface area (Å²) in [6.45, 7) is 4.42. The van der Waals surface area contributed by atoms with Crippen LogP contribution >= 0.6 is 23.2 Å². The van der Waals surface area contributed by atoms with Crippen LogP contribution in [0.5, 0.6) is 5.75 Å². The van der Waals surface area contributed by atoms with Gasteiger partial charge in [0.1, 0.15) is 12.4 Å². The number of hydrogen-bond acceptors (Lipinski definition) is 2. The second kappa shape index (κ2) is 7.53. The van der Waals surface area contributed by atoms with E-state index in [1.54, 1.807) is 18.2 Å². The van der Waals surface area contributed by atoms with Crippen molar-refractivity contribution in [2.24, 2.45) is 0 Å². The molecule has 2 aromatic rings. The van der Waals surface area contributed by atoms with E-state index in [2.05, 4.69) is 36.5 Å². The lowest BCUT2D eigenvalue weighted by Crippen LogP contribution is -2.11. The van der Waals surface area contributed by atoms with Crippen molar-refractivity contribution in [3.8, 4) is 5.75 Å². The van der Waals surface area contributed by atoms with Gasteiger partial charge >= 0.3 is 0 Å². The summed E-state index contributed by atoms with van der Waals surface area (Å²) in [5, 5.41) is 4.48. The second-order valence-electron chi connectivity index (χ2n) is 4.46. The van der Waals surface area contributed by atoms with E-state index in [0.29, 0.717) is 22.4 Å². The van der Waals surface area contributed by atoms with Gasteiger partial charge in [-0.2, -0.15) is 0 Å². The zero-order valence-electron chi connectivity index (χ0n) is 11.3. The molecule has 0 unspecified atom stereocenters. The molecule has 0 amide bonds. The summed E-state index contributed by atoms with van der Waals surface area (Å²) in [4.78, 5) is 0. The molecule has 0 aliphatic heterocycles. The summed E-state index contributed by atoms with van der Waals surface area (Å²) >= 11 is 12.0. The molecule has 0 spiro atoms. The van der Waals surface area contributed by atoms with Gasteiger partial charge in [-0.1, -0.05) is 54.4 Å². The normalized spacial score (nSPS) is 10.6. The van der Waals surface area contributed by atoms with E-state index in [0.717, 1.165) is 18.7 Å². The van der Waals surface area contributed by atoms with Crippen molar-refractivity contribution in [1.82, 2.24) is 5.32 Å². The molecule has 0 bridgehead atoms. The standard InChI is InChI=1S/C16H17Cl2NO/c1-2-19-10-12-3-5-13(6-4-12)11-20-16-9-14(17)7-8-15(16)18/h3-9,19H,2,10-11H2,1H3. The Morgan fingerprint density at radius 2 is 1.70 bits per heavy atom. The van der Waals surface area contributed by atoms with Gasteiger partial charge in [0.2, 0.25) is 0 Å². The predicted molar refractivity (Wildman–Crippen MR) is 84.6 cm³/mol. The van der Waals surface area contributed by atoms with Crippen LogP contribution in [-0.2, 0) is 13.2 Å². The molecule has 0 radical (unpaired) electrons. The Morgan fingerprint density at radius 3 is 2.40 bits per heavy atom. The smallest absolute Gasteiger partial charge is 0.139 e. The van der Waals surface area contributed by atoms with E-state index >= 15 is 0 Å². The van der Waals surface area contributed by atoms with Gasteiger partial charge in [0.25, 0.3) is 0 Å². The van der Waals surface area contributed by atoms with Crippen LogP contribution in [0.3, 0.4) is 0 Å². The number of ether oxygens (including phenoxy) is 1. The fraction of sp³-hybridized carbons (Fsp3) is 0.250. The van der Waals surface area contributed by atoms with Crippen LogP contribution in [0, 0.1) is 0 Å². The van der Waals surface area contributed by atoms with Gasteiger partial charge in [-0.05, 0) is 29.8 Å². The molecule has 1 N–H and O–H groups in total. The average molecular weight is 310 g/mol. The summed E-state index contributed by atoms with van der Waals surface area (Å²) in [7, 11) is 0. The molecule has 2 aromatic carbocycles. The highest BCUT2D eigenvalue weighted by Gasteiger charge is 2.03. The molecule has 0 atom stereocenters. The Morgan fingerprint density at radius 1 is 1.00 bits per heavy atom. The summed E-state index contributed by atoms with van der Waals surface area (Å²) in [6.07, 6.45) is 0. The van der Waals surface area contributed by atoms with Crippen molar-refractivity contribution in [1.29, 1.82) is 0 Å². The fourth-order valence-electron chi connectivity index (χ4n) is 1.77. The minimum absolute atomic E-state index is 0.474. The summed E-state index contributed by atoms with van der Waals surface area (Å²) in [5.74, 6) is 0.607. The molecule has 106 valence electrons. The first-order chi connectivity index (χ1) is 9.69. The molecule has 0 saturated heterocycles. The first kappa shape index (κ1) is 15.2. The lowest BCUT2D eigenvalue weighted by atomic mass is 10.1. The van der Waals surface area contributed by atoms with Crippen LogP contribution < -0.4 is 10.1 Å². The largest absolute Gasteiger partial charge is 0.487 e. The zero-order chi connectivity index (χ0) is 14.4. The first-order valence-corrected chi connectivity index (χ1v) is 7.31. The first-order valence-electron chi connectivity index (χ1n) is 6.55. The van der Waals surface area contributed by atoms with Crippen LogP contribution in [0.2, 0.25) is 10.0 Å². The molecule has 0 aromatic heterocycles. The van der Waals surface area contributed by atoms with Crippen molar-refractivity contribution in [3.63, 3.8) is 0 Å². The molecule has 0 heterocycles. The molecule has 0 aliphatic rings. The Kier molecular flexibility index (Phi) is 5.72. The SMILES string of the molecule is CCNCc1ccc(COc2cc(Cl)ccc2Cl)cc1. The number of nitrogens with one attached hydrogen (secondary N) is 1. The fourth-order valence-corrected chi connectivity index (χ4v) is 2.11. The molecule has 2 rings (SSSR count). The minimum atomic E-state index is 0.474. The van der Waals surface area contributed by atoms with Gasteiger partial charge in [0.05, 0.1) is 5.02 Å². The molecule has 2 nitrogen and oxygen atoms in total. The summed E-state index contributed by atoms with van der Waals surface area (Å²) in [5.41, 5.74) is 2.36. The monoisotopic (exact) mass is 309 g/mol. The Labute approximate surface area is 129 Å². The molecule has 4 heteroatoms. The van der Waals surface area contributed by atoms with Gasteiger partial charge in [0.15, 0.2) is 0 Å². The van der Waals surface area contributed by atoms with Crippen molar-refractivity contribution in [3.05, 3.63) is 63.6 Å². The highest BCUT2D eigenvalue weighted by molar-refractivity contribution is 6.34. The highest BCUT2D eigenvalue weighted by atomic mass is 35.5. The van der Waals surface area contributed by atoms with Crippen molar-refractivity contribution in [2.45, 2.75) is 20.1 Å². The number of hydrogen-bond donors (Lipinski definition) is 1. The number of benzene rings is 2. The number of halogens is 2. The molecule has 0 saturated carbocycles. The third-order valence-electron chi connectivity index (χ3n) is 2.89. The maximum Gasteiger partial charge on any atom is 0.139 e. The summed E-state index contributed by atoms with van der Waals surface area (Å²) in [6, 6.07) is 13.5. The number of rotatable bonds is 6. The third-order valence-corrected chi connectivity index (χ3v) is 3.44. The lowest BCUT2D eigenvalue weighted by Gasteiger charge is -2.09. The van der Waals surface area contributed by atoms with Gasteiger partial charge in [-0.15, -0.1) is 0 Å². The lowest BCUT2D eigenvalue weighted by molar-refractivity contribution is 0.306. The van der Waals surface area contributed by atoms with E-state index in [-0.39, 0.29) is 0 Å². The van der Waals surface area contributed by atoms with E-state index < -0.39 is 0 Å². The van der Waals surface area contributed by atoms with Crippen LogP contribution in [0.15, 0.2) is 42.5 Å². The second-order valence-corrected chi connectivity index (χ2v) is 5.30. The third kappa shape index (κ3) is 4.41. The quantitative estimate of drug-likeness (QED) is 0.836. The molecular weight excluding hydrogens is 293 g/mol. The Balaban J connectivity index is 1.95. The Hall–Kier alpha value is -1.22. The average Bonchev–Trinajstić information content (AvgIpc) is 2.47.